The molecule has 0 aliphatic heterocycles. The summed E-state index contributed by atoms with van der Waals surface area (Å²) in [7, 11) is 0. The molecule has 2 unspecified atom stereocenters. The Kier molecular flexibility index (Phi) is 5.94. The van der Waals surface area contributed by atoms with Gasteiger partial charge in [-0.1, -0.05) is 44.8 Å². The highest BCUT2D eigenvalue weighted by Gasteiger charge is 2.21. The van der Waals surface area contributed by atoms with E-state index in [0.29, 0.717) is 0 Å². The highest BCUT2D eigenvalue weighted by Crippen LogP contribution is 2.30. The fourth-order valence-corrected chi connectivity index (χ4v) is 4.18. The van der Waals surface area contributed by atoms with Crippen molar-refractivity contribution in [3.8, 4) is 0 Å². The molecule has 1 fully saturated rings. The lowest BCUT2D eigenvalue weighted by Crippen LogP contribution is -2.31. The van der Waals surface area contributed by atoms with E-state index in [0.717, 1.165) is 23.7 Å². The number of allylic oxidation sites excluding steroid dienone is 2. The van der Waals surface area contributed by atoms with Crippen LogP contribution in [0.1, 0.15) is 65.7 Å². The number of nitrogens with one attached hydrogen (secondary N) is 1. The Bertz CT molecular complexity index is 286. The maximum absolute atomic E-state index is 3.77. The number of rotatable bonds is 5. The van der Waals surface area contributed by atoms with Gasteiger partial charge in [0.1, 0.15) is 0 Å². The molecule has 0 amide bonds. The van der Waals surface area contributed by atoms with E-state index in [2.05, 4.69) is 32.2 Å². The molecule has 2 aliphatic carbocycles. The Hall–Kier alpha value is -0.300. The molecule has 0 aromatic heterocycles. The second-order valence-corrected chi connectivity index (χ2v) is 7.25. The molecule has 2 aliphatic rings. The molecule has 0 aromatic rings. The predicted molar refractivity (Wildman–Crippen MR) is 84.3 cm³/mol. The van der Waals surface area contributed by atoms with Gasteiger partial charge in [0.2, 0.25) is 0 Å². The van der Waals surface area contributed by atoms with Gasteiger partial charge in [0.25, 0.3) is 0 Å². The molecule has 1 saturated carbocycles. The van der Waals surface area contributed by atoms with Crippen LogP contribution in [0.3, 0.4) is 0 Å². The normalized spacial score (nSPS) is 36.1. The molecule has 1 N–H and O–H groups in total. The van der Waals surface area contributed by atoms with Gasteiger partial charge in [0, 0.05) is 0 Å². The van der Waals surface area contributed by atoms with Crippen molar-refractivity contribution in [1.29, 1.82) is 0 Å². The first-order valence-electron chi connectivity index (χ1n) is 8.55. The average Bonchev–Trinajstić information content (AvgIpc) is 2.38. The van der Waals surface area contributed by atoms with Crippen LogP contribution in [0, 0.1) is 23.7 Å². The zero-order valence-electron chi connectivity index (χ0n) is 13.3. The summed E-state index contributed by atoms with van der Waals surface area (Å²) in [6, 6.07) is 0. The van der Waals surface area contributed by atoms with Crippen molar-refractivity contribution < 1.29 is 0 Å². The van der Waals surface area contributed by atoms with E-state index in [1.54, 1.807) is 5.57 Å². The van der Waals surface area contributed by atoms with E-state index in [9.17, 15) is 0 Å². The SMILES string of the molecule is CCC1CCC(CNCC2CC(C)=CC(C)C2)CC1. The van der Waals surface area contributed by atoms with Crippen LogP contribution in [0.5, 0.6) is 0 Å². The molecule has 1 heteroatoms. The summed E-state index contributed by atoms with van der Waals surface area (Å²) >= 11 is 0. The molecular weight excluding hydrogens is 230 g/mol. The topological polar surface area (TPSA) is 12.0 Å². The molecule has 0 spiro atoms. The molecule has 2 atom stereocenters. The monoisotopic (exact) mass is 263 g/mol. The molecule has 0 radical (unpaired) electrons. The Labute approximate surface area is 120 Å². The highest BCUT2D eigenvalue weighted by molar-refractivity contribution is 5.06. The number of hydrogen-bond acceptors (Lipinski definition) is 1. The fourth-order valence-electron chi connectivity index (χ4n) is 4.18. The minimum absolute atomic E-state index is 0.792. The molecule has 19 heavy (non-hydrogen) atoms. The summed E-state index contributed by atoms with van der Waals surface area (Å²) in [4.78, 5) is 0. The Morgan fingerprint density at radius 3 is 2.32 bits per heavy atom. The molecule has 0 bridgehead atoms. The Morgan fingerprint density at radius 1 is 1.05 bits per heavy atom. The first-order valence-corrected chi connectivity index (χ1v) is 8.55. The van der Waals surface area contributed by atoms with Crippen LogP contribution in [0.4, 0.5) is 0 Å². The highest BCUT2D eigenvalue weighted by atomic mass is 14.9. The van der Waals surface area contributed by atoms with E-state index in [4.69, 9.17) is 0 Å². The van der Waals surface area contributed by atoms with E-state index in [-0.39, 0.29) is 0 Å². The predicted octanol–water partition coefficient (Wildman–Crippen LogP) is 4.78. The first-order chi connectivity index (χ1) is 9.17. The molecule has 0 heterocycles. The zero-order valence-corrected chi connectivity index (χ0v) is 13.3. The average molecular weight is 263 g/mol. The standard InChI is InChI=1S/C18H33N/c1-4-16-5-7-17(8-6-16)12-19-13-18-10-14(2)9-15(3)11-18/h9,14,16-19H,4-8,10-13H2,1-3H3. The van der Waals surface area contributed by atoms with Crippen LogP contribution in [0.2, 0.25) is 0 Å². The van der Waals surface area contributed by atoms with Gasteiger partial charge in [-0.15, -0.1) is 0 Å². The van der Waals surface area contributed by atoms with Crippen molar-refractivity contribution in [1.82, 2.24) is 5.32 Å². The minimum Gasteiger partial charge on any atom is -0.316 e. The van der Waals surface area contributed by atoms with Gasteiger partial charge in [-0.3, -0.25) is 0 Å². The van der Waals surface area contributed by atoms with Gasteiger partial charge in [-0.2, -0.15) is 0 Å². The summed E-state index contributed by atoms with van der Waals surface area (Å²) in [5.41, 5.74) is 1.61. The summed E-state index contributed by atoms with van der Waals surface area (Å²) in [6.07, 6.45) is 12.4. The molecule has 0 aromatic carbocycles. The van der Waals surface area contributed by atoms with Gasteiger partial charge in [0.05, 0.1) is 0 Å². The first kappa shape index (κ1) is 15.1. The lowest BCUT2D eigenvalue weighted by Gasteiger charge is -2.30. The third kappa shape index (κ3) is 4.95. The van der Waals surface area contributed by atoms with Crippen LogP contribution in [0.25, 0.3) is 0 Å². The van der Waals surface area contributed by atoms with E-state index >= 15 is 0 Å². The lowest BCUT2D eigenvalue weighted by atomic mass is 9.80. The van der Waals surface area contributed by atoms with Crippen LogP contribution < -0.4 is 5.32 Å². The van der Waals surface area contributed by atoms with Crippen molar-refractivity contribution in [2.24, 2.45) is 23.7 Å². The second-order valence-electron chi connectivity index (χ2n) is 7.25. The molecule has 110 valence electrons. The summed E-state index contributed by atoms with van der Waals surface area (Å²) in [5, 5.41) is 3.77. The third-order valence-electron chi connectivity index (χ3n) is 5.29. The van der Waals surface area contributed by atoms with Gasteiger partial charge in [-0.05, 0) is 69.4 Å². The van der Waals surface area contributed by atoms with E-state index in [1.807, 2.05) is 0 Å². The van der Waals surface area contributed by atoms with Gasteiger partial charge < -0.3 is 5.32 Å². The Morgan fingerprint density at radius 2 is 1.68 bits per heavy atom. The van der Waals surface area contributed by atoms with E-state index < -0.39 is 0 Å². The molecule has 2 rings (SSSR count). The second kappa shape index (κ2) is 7.47. The van der Waals surface area contributed by atoms with Crippen molar-refractivity contribution in [3.05, 3.63) is 11.6 Å². The lowest BCUT2D eigenvalue weighted by molar-refractivity contribution is 0.256. The van der Waals surface area contributed by atoms with Crippen molar-refractivity contribution in [2.45, 2.75) is 65.7 Å². The fraction of sp³-hybridized carbons (Fsp3) is 0.889. The minimum atomic E-state index is 0.792. The maximum Gasteiger partial charge on any atom is -0.00171 e. The van der Waals surface area contributed by atoms with Gasteiger partial charge in [0.15, 0.2) is 0 Å². The quantitative estimate of drug-likeness (QED) is 0.704. The van der Waals surface area contributed by atoms with Crippen LogP contribution in [-0.2, 0) is 0 Å². The third-order valence-corrected chi connectivity index (χ3v) is 5.29. The van der Waals surface area contributed by atoms with Crippen molar-refractivity contribution in [3.63, 3.8) is 0 Å². The molecule has 1 nitrogen and oxygen atoms in total. The van der Waals surface area contributed by atoms with Crippen molar-refractivity contribution >= 4 is 0 Å². The Balaban J connectivity index is 1.61. The van der Waals surface area contributed by atoms with Crippen LogP contribution >= 0.6 is 0 Å². The summed E-state index contributed by atoms with van der Waals surface area (Å²) in [6.45, 7) is 9.52. The molecule has 0 saturated heterocycles. The van der Waals surface area contributed by atoms with Gasteiger partial charge in [-0.25, -0.2) is 0 Å². The summed E-state index contributed by atoms with van der Waals surface area (Å²) in [5.74, 6) is 3.66. The van der Waals surface area contributed by atoms with Crippen LogP contribution in [0.15, 0.2) is 11.6 Å². The van der Waals surface area contributed by atoms with Crippen molar-refractivity contribution in [2.75, 3.05) is 13.1 Å². The summed E-state index contributed by atoms with van der Waals surface area (Å²) < 4.78 is 0. The van der Waals surface area contributed by atoms with Gasteiger partial charge >= 0.3 is 0 Å². The number of hydrogen-bond donors (Lipinski definition) is 1. The largest absolute Gasteiger partial charge is 0.316 e. The zero-order chi connectivity index (χ0) is 13.7. The van der Waals surface area contributed by atoms with Crippen LogP contribution in [-0.4, -0.2) is 13.1 Å². The maximum atomic E-state index is 3.77. The smallest absolute Gasteiger partial charge is 0.00171 e. The molecular formula is C18H33N. The van der Waals surface area contributed by atoms with E-state index in [1.165, 1.54) is 58.0 Å².